The predicted molar refractivity (Wildman–Crippen MR) is 121 cm³/mol. The molecule has 0 spiro atoms. The fourth-order valence-electron chi connectivity index (χ4n) is 3.79. The number of nitrogens with one attached hydrogen (secondary N) is 3. The molecule has 3 N–H and O–H groups in total. The summed E-state index contributed by atoms with van der Waals surface area (Å²) in [6.07, 6.45) is -1.34. The predicted octanol–water partition coefficient (Wildman–Crippen LogP) is 4.76. The monoisotopic (exact) mass is 472 g/mol. The van der Waals surface area contributed by atoms with Crippen molar-refractivity contribution in [3.05, 3.63) is 58.5 Å². The number of carbonyl (C=O) groups excluding carboxylic acids is 1. The average Bonchev–Trinajstić information content (AvgIpc) is 2.78. The Balaban J connectivity index is 1.59. The van der Waals surface area contributed by atoms with Crippen molar-refractivity contribution in [1.82, 2.24) is 15.0 Å². The average molecular weight is 472 g/mol. The number of methoxy groups -OCH3 is 1. The first-order chi connectivity index (χ1) is 16.2. The van der Waals surface area contributed by atoms with Gasteiger partial charge in [-0.25, -0.2) is 4.98 Å². The Morgan fingerprint density at radius 3 is 2.68 bits per heavy atom. The molecule has 1 aromatic carbocycles. The number of nitrogens with zero attached hydrogens (tertiary/aromatic N) is 3. The van der Waals surface area contributed by atoms with Gasteiger partial charge in [0.15, 0.2) is 0 Å². The van der Waals surface area contributed by atoms with Crippen LogP contribution in [0.15, 0.2) is 30.6 Å². The first-order valence-electron chi connectivity index (χ1n) is 10.5. The van der Waals surface area contributed by atoms with Gasteiger partial charge in [-0.05, 0) is 44.0 Å². The number of halogens is 3. The van der Waals surface area contributed by atoms with Gasteiger partial charge in [0, 0.05) is 41.3 Å². The second-order valence-corrected chi connectivity index (χ2v) is 7.90. The van der Waals surface area contributed by atoms with Crippen LogP contribution in [0.3, 0.4) is 0 Å². The van der Waals surface area contributed by atoms with Gasteiger partial charge in [-0.2, -0.15) is 18.2 Å². The van der Waals surface area contributed by atoms with Crippen LogP contribution in [0.2, 0.25) is 0 Å². The Morgan fingerprint density at radius 2 is 1.94 bits per heavy atom. The second-order valence-electron chi connectivity index (χ2n) is 7.90. The van der Waals surface area contributed by atoms with Gasteiger partial charge < -0.3 is 20.7 Å². The summed E-state index contributed by atoms with van der Waals surface area (Å²) in [6.45, 7) is 3.65. The molecule has 0 radical (unpaired) electrons. The number of hydrogen-bond acceptors (Lipinski definition) is 7. The van der Waals surface area contributed by atoms with E-state index in [1.54, 1.807) is 25.3 Å². The zero-order valence-corrected chi connectivity index (χ0v) is 18.8. The van der Waals surface area contributed by atoms with Crippen molar-refractivity contribution in [2.45, 2.75) is 39.4 Å². The number of benzene rings is 1. The van der Waals surface area contributed by atoms with Gasteiger partial charge in [-0.1, -0.05) is 0 Å². The summed E-state index contributed by atoms with van der Waals surface area (Å²) in [7, 11) is 1.53. The molecule has 2 aromatic heterocycles. The summed E-state index contributed by atoms with van der Waals surface area (Å²) < 4.78 is 46.2. The number of pyridine rings is 1. The van der Waals surface area contributed by atoms with Crippen molar-refractivity contribution in [1.29, 1.82) is 0 Å². The summed E-state index contributed by atoms with van der Waals surface area (Å²) in [5, 5.41) is 8.48. The molecule has 8 nitrogen and oxygen atoms in total. The van der Waals surface area contributed by atoms with E-state index in [1.165, 1.54) is 7.11 Å². The van der Waals surface area contributed by atoms with Crippen LogP contribution in [0, 0.1) is 13.8 Å². The first kappa shape index (κ1) is 23.3. The summed E-state index contributed by atoms with van der Waals surface area (Å²) >= 11 is 0. The Hall–Kier alpha value is -3.89. The van der Waals surface area contributed by atoms with Crippen LogP contribution >= 0.6 is 0 Å². The van der Waals surface area contributed by atoms with Crippen molar-refractivity contribution in [2.24, 2.45) is 0 Å². The SMILES string of the molecule is COc1c(C)cnc(CNc2nc(Nc3ccc4c(c3)CCC(=O)N4)ncc2C(F)(F)F)c1C. The molecule has 0 saturated carbocycles. The maximum Gasteiger partial charge on any atom is 0.421 e. The number of rotatable bonds is 6. The first-order valence-corrected chi connectivity index (χ1v) is 10.5. The van der Waals surface area contributed by atoms with E-state index < -0.39 is 11.7 Å². The lowest BCUT2D eigenvalue weighted by molar-refractivity contribution is -0.137. The van der Waals surface area contributed by atoms with Gasteiger partial charge in [-0.15, -0.1) is 0 Å². The van der Waals surface area contributed by atoms with Gasteiger partial charge in [0.2, 0.25) is 11.9 Å². The number of carbonyl (C=O) groups is 1. The molecule has 0 fully saturated rings. The number of fused-ring (bicyclic) bond motifs is 1. The number of aryl methyl sites for hydroxylation is 2. The highest BCUT2D eigenvalue weighted by Crippen LogP contribution is 2.35. The van der Waals surface area contributed by atoms with Crippen LogP contribution in [0.25, 0.3) is 0 Å². The molecule has 1 aliphatic rings. The summed E-state index contributed by atoms with van der Waals surface area (Å²) in [5.41, 5.74) is 3.36. The lowest BCUT2D eigenvalue weighted by Crippen LogP contribution is -2.19. The third-order valence-electron chi connectivity index (χ3n) is 5.52. The standard InChI is InChI=1S/C23H23F3N6O2/c1-12-9-27-18(13(2)20(12)34-3)11-28-21-16(23(24,25)26)10-29-22(32-21)30-15-5-6-17-14(8-15)4-7-19(33)31-17/h5-6,8-10H,4,7,11H2,1-3H3,(H,31,33)(H2,28,29,30,32). The summed E-state index contributed by atoms with van der Waals surface area (Å²) in [4.78, 5) is 23.8. The van der Waals surface area contributed by atoms with E-state index in [1.807, 2.05) is 13.0 Å². The van der Waals surface area contributed by atoms with Gasteiger partial charge >= 0.3 is 6.18 Å². The Morgan fingerprint density at radius 1 is 1.15 bits per heavy atom. The Labute approximate surface area is 194 Å². The third kappa shape index (κ3) is 4.87. The van der Waals surface area contributed by atoms with Crippen LogP contribution in [0.5, 0.6) is 5.75 Å². The van der Waals surface area contributed by atoms with Gasteiger partial charge in [0.05, 0.1) is 19.3 Å². The summed E-state index contributed by atoms with van der Waals surface area (Å²) in [5.74, 6) is 0.222. The lowest BCUT2D eigenvalue weighted by Gasteiger charge is -2.18. The van der Waals surface area contributed by atoms with E-state index in [0.717, 1.165) is 22.9 Å². The molecule has 1 aliphatic heterocycles. The van der Waals surface area contributed by atoms with Gasteiger partial charge in [0.25, 0.3) is 0 Å². The minimum Gasteiger partial charge on any atom is -0.496 e. The maximum atomic E-state index is 13.6. The van der Waals surface area contributed by atoms with Crippen LogP contribution in [-0.2, 0) is 23.9 Å². The van der Waals surface area contributed by atoms with E-state index >= 15 is 0 Å². The number of hydrogen-bond donors (Lipinski definition) is 3. The van der Waals surface area contributed by atoms with Crippen molar-refractivity contribution >= 4 is 29.0 Å². The quantitative estimate of drug-likeness (QED) is 0.476. The van der Waals surface area contributed by atoms with Crippen LogP contribution in [0.4, 0.5) is 36.3 Å². The number of ether oxygens (including phenoxy) is 1. The van der Waals surface area contributed by atoms with Gasteiger partial charge in [-0.3, -0.25) is 9.78 Å². The van der Waals surface area contributed by atoms with Crippen molar-refractivity contribution in [2.75, 3.05) is 23.1 Å². The fourth-order valence-corrected chi connectivity index (χ4v) is 3.79. The molecular formula is C23H23F3N6O2. The molecule has 3 heterocycles. The van der Waals surface area contributed by atoms with Crippen molar-refractivity contribution in [3.63, 3.8) is 0 Å². The molecule has 0 aliphatic carbocycles. The molecule has 1 amide bonds. The topological polar surface area (TPSA) is 101 Å². The highest BCUT2D eigenvalue weighted by molar-refractivity contribution is 5.94. The third-order valence-corrected chi connectivity index (χ3v) is 5.52. The lowest BCUT2D eigenvalue weighted by atomic mass is 10.0. The van der Waals surface area contributed by atoms with E-state index in [-0.39, 0.29) is 24.2 Å². The zero-order chi connectivity index (χ0) is 24.5. The number of amides is 1. The maximum absolute atomic E-state index is 13.6. The fraction of sp³-hybridized carbons (Fsp3) is 0.304. The number of aromatic nitrogens is 3. The normalized spacial score (nSPS) is 13.2. The van der Waals surface area contributed by atoms with Crippen molar-refractivity contribution in [3.8, 4) is 5.75 Å². The van der Waals surface area contributed by atoms with E-state index in [0.29, 0.717) is 35.7 Å². The van der Waals surface area contributed by atoms with Crippen LogP contribution in [-0.4, -0.2) is 28.0 Å². The minimum absolute atomic E-state index is 0.00135. The smallest absolute Gasteiger partial charge is 0.421 e. The molecule has 11 heteroatoms. The Kier molecular flexibility index (Phi) is 6.27. The Bertz CT molecular complexity index is 1250. The molecule has 0 saturated heterocycles. The largest absolute Gasteiger partial charge is 0.496 e. The number of anilines is 4. The minimum atomic E-state index is -4.64. The van der Waals surface area contributed by atoms with Crippen LogP contribution < -0.4 is 20.7 Å². The molecule has 34 heavy (non-hydrogen) atoms. The molecule has 0 unspecified atom stereocenters. The molecule has 0 atom stereocenters. The second kappa shape index (κ2) is 9.16. The highest BCUT2D eigenvalue weighted by atomic mass is 19.4. The van der Waals surface area contributed by atoms with E-state index in [2.05, 4.69) is 30.9 Å². The highest BCUT2D eigenvalue weighted by Gasteiger charge is 2.35. The summed E-state index contributed by atoms with van der Waals surface area (Å²) in [6, 6.07) is 5.25. The molecule has 3 aromatic rings. The molecule has 4 rings (SSSR count). The van der Waals surface area contributed by atoms with Gasteiger partial charge in [0.1, 0.15) is 17.1 Å². The van der Waals surface area contributed by atoms with E-state index in [4.69, 9.17) is 4.74 Å². The van der Waals surface area contributed by atoms with Crippen molar-refractivity contribution < 1.29 is 22.7 Å². The van der Waals surface area contributed by atoms with Crippen LogP contribution in [0.1, 0.15) is 34.4 Å². The molecule has 178 valence electrons. The number of alkyl halides is 3. The molecular weight excluding hydrogens is 449 g/mol. The molecule has 0 bridgehead atoms. The van der Waals surface area contributed by atoms with E-state index in [9.17, 15) is 18.0 Å². The zero-order valence-electron chi connectivity index (χ0n) is 18.8.